The molecular weight excluding hydrogens is 454 g/mol. The predicted octanol–water partition coefficient (Wildman–Crippen LogP) is 4.82. The molecule has 1 saturated heterocycles. The molecule has 0 unspecified atom stereocenters. The number of benzene rings is 3. The van der Waals surface area contributed by atoms with Crippen LogP contribution in [0.15, 0.2) is 89.5 Å². The predicted molar refractivity (Wildman–Crippen MR) is 138 cm³/mol. The van der Waals surface area contributed by atoms with E-state index in [1.54, 1.807) is 19.4 Å². The highest BCUT2D eigenvalue weighted by Crippen LogP contribution is 2.29. The Morgan fingerprint density at radius 3 is 2.47 bits per heavy atom. The minimum atomic E-state index is -0.170. The number of amides is 1. The first-order valence-corrected chi connectivity index (χ1v) is 12.1. The summed E-state index contributed by atoms with van der Waals surface area (Å²) in [7, 11) is 1.66. The summed E-state index contributed by atoms with van der Waals surface area (Å²) in [5.74, 6) is 1.71. The van der Waals surface area contributed by atoms with Crippen LogP contribution in [0.1, 0.15) is 22.0 Å². The number of hydrogen-bond acceptors (Lipinski definition) is 6. The molecule has 0 radical (unpaired) electrons. The second-order valence-corrected chi connectivity index (χ2v) is 8.59. The number of methoxy groups -OCH3 is 1. The largest absolute Gasteiger partial charge is 0.497 e. The van der Waals surface area contributed by atoms with Crippen molar-refractivity contribution in [2.75, 3.05) is 40.0 Å². The highest BCUT2D eigenvalue weighted by molar-refractivity contribution is 6.00. The normalized spacial score (nSPS) is 14.8. The third-order valence-electron chi connectivity index (χ3n) is 6.41. The molecule has 5 rings (SSSR count). The molecule has 184 valence electrons. The first-order valence-electron chi connectivity index (χ1n) is 12.1. The zero-order chi connectivity index (χ0) is 24.7. The van der Waals surface area contributed by atoms with Gasteiger partial charge in [-0.3, -0.25) is 9.69 Å². The summed E-state index contributed by atoms with van der Waals surface area (Å²) in [5.41, 5.74) is 3.23. The monoisotopic (exact) mass is 483 g/mol. The fourth-order valence-electron chi connectivity index (χ4n) is 4.46. The maximum atomic E-state index is 13.4. The number of rotatable bonds is 8. The number of nitrogens with one attached hydrogen (secondary N) is 1. The van der Waals surface area contributed by atoms with Crippen LogP contribution in [0, 0.1) is 0 Å². The molecule has 0 bridgehead atoms. The molecule has 2 heterocycles. The van der Waals surface area contributed by atoms with Gasteiger partial charge in [0.25, 0.3) is 5.91 Å². The Balaban J connectivity index is 1.35. The Bertz CT molecular complexity index is 1280. The summed E-state index contributed by atoms with van der Waals surface area (Å²) in [6, 6.07) is 25.2. The Labute approximate surface area is 210 Å². The molecule has 1 aromatic heterocycles. The van der Waals surface area contributed by atoms with Gasteiger partial charge in [-0.1, -0.05) is 54.6 Å². The van der Waals surface area contributed by atoms with Crippen molar-refractivity contribution in [3.8, 4) is 28.5 Å². The number of ether oxygens (including phenoxy) is 2. The average molecular weight is 484 g/mol. The molecule has 7 heteroatoms. The van der Waals surface area contributed by atoms with E-state index < -0.39 is 0 Å². The van der Waals surface area contributed by atoms with E-state index in [0.29, 0.717) is 42.5 Å². The molecule has 4 aromatic rings. The summed E-state index contributed by atoms with van der Waals surface area (Å²) in [6.45, 7) is 3.43. The van der Waals surface area contributed by atoms with E-state index in [1.165, 1.54) is 0 Å². The Hall–Kier alpha value is -3.94. The second-order valence-electron chi connectivity index (χ2n) is 8.59. The van der Waals surface area contributed by atoms with Gasteiger partial charge in [0.2, 0.25) is 5.89 Å². The van der Waals surface area contributed by atoms with Gasteiger partial charge in [-0.2, -0.15) is 0 Å². The van der Waals surface area contributed by atoms with Gasteiger partial charge < -0.3 is 19.2 Å². The van der Waals surface area contributed by atoms with Gasteiger partial charge in [0.05, 0.1) is 38.1 Å². The summed E-state index contributed by atoms with van der Waals surface area (Å²) in [5, 5.41) is 3.15. The van der Waals surface area contributed by atoms with Gasteiger partial charge in [0, 0.05) is 30.8 Å². The molecule has 0 aliphatic carbocycles. The van der Waals surface area contributed by atoms with E-state index in [2.05, 4.69) is 27.3 Å². The molecule has 1 amide bonds. The zero-order valence-corrected chi connectivity index (χ0v) is 20.2. The molecule has 1 aliphatic rings. The Kier molecular flexibility index (Phi) is 7.40. The molecule has 7 nitrogen and oxygen atoms in total. The Morgan fingerprint density at radius 1 is 1.00 bits per heavy atom. The molecule has 0 saturated carbocycles. The van der Waals surface area contributed by atoms with Crippen LogP contribution >= 0.6 is 0 Å². The third kappa shape index (κ3) is 5.32. The lowest BCUT2D eigenvalue weighted by Gasteiger charge is -2.35. The highest BCUT2D eigenvalue weighted by Gasteiger charge is 2.24. The first kappa shape index (κ1) is 23.8. The standard InChI is InChI=1S/C29H29N3O4/c1-34-23-13-11-21(12-14-23)26(32-15-17-35-18-16-32)19-30-28(33)24-9-5-6-10-25(24)29-31-20-27(36-29)22-7-3-2-4-8-22/h2-14,20,26H,15-19H2,1H3,(H,30,33)/t26-/m1/s1. The summed E-state index contributed by atoms with van der Waals surface area (Å²) < 4.78 is 16.9. The number of hydrogen-bond donors (Lipinski definition) is 1. The van der Waals surface area contributed by atoms with Gasteiger partial charge in [-0.05, 0) is 29.8 Å². The molecule has 1 aliphatic heterocycles. The number of carbonyl (C=O) groups is 1. The summed E-state index contributed by atoms with van der Waals surface area (Å²) >= 11 is 0. The molecule has 3 aromatic carbocycles. The quantitative estimate of drug-likeness (QED) is 0.387. The van der Waals surface area contributed by atoms with Crippen LogP contribution in [-0.2, 0) is 4.74 Å². The number of nitrogens with zero attached hydrogens (tertiary/aromatic N) is 2. The maximum absolute atomic E-state index is 13.4. The fourth-order valence-corrected chi connectivity index (χ4v) is 4.46. The van der Waals surface area contributed by atoms with Crippen LogP contribution in [0.3, 0.4) is 0 Å². The molecule has 36 heavy (non-hydrogen) atoms. The van der Waals surface area contributed by atoms with E-state index in [4.69, 9.17) is 13.9 Å². The lowest BCUT2D eigenvalue weighted by molar-refractivity contribution is 0.0162. The number of aromatic nitrogens is 1. The maximum Gasteiger partial charge on any atom is 0.252 e. The molecule has 1 atom stereocenters. The number of morpholine rings is 1. The van der Waals surface area contributed by atoms with Crippen molar-refractivity contribution in [2.24, 2.45) is 0 Å². The van der Waals surface area contributed by atoms with E-state index in [9.17, 15) is 4.79 Å². The Morgan fingerprint density at radius 2 is 1.72 bits per heavy atom. The highest BCUT2D eigenvalue weighted by atomic mass is 16.5. The first-order chi connectivity index (χ1) is 17.7. The third-order valence-corrected chi connectivity index (χ3v) is 6.41. The minimum absolute atomic E-state index is 0.0161. The summed E-state index contributed by atoms with van der Waals surface area (Å²) in [4.78, 5) is 20.2. The van der Waals surface area contributed by atoms with Crippen LogP contribution in [0.2, 0.25) is 0 Å². The van der Waals surface area contributed by atoms with Crippen LogP contribution < -0.4 is 10.1 Å². The van der Waals surface area contributed by atoms with Gasteiger partial charge >= 0.3 is 0 Å². The molecular formula is C29H29N3O4. The van der Waals surface area contributed by atoms with Crippen LogP contribution in [0.5, 0.6) is 5.75 Å². The van der Waals surface area contributed by atoms with Gasteiger partial charge in [0.15, 0.2) is 5.76 Å². The molecule has 0 spiro atoms. The lowest BCUT2D eigenvalue weighted by atomic mass is 10.0. The van der Waals surface area contributed by atoms with Crippen molar-refractivity contribution < 1.29 is 18.7 Å². The lowest BCUT2D eigenvalue weighted by Crippen LogP contribution is -2.43. The van der Waals surface area contributed by atoms with Crippen molar-refractivity contribution >= 4 is 5.91 Å². The van der Waals surface area contributed by atoms with Crippen molar-refractivity contribution in [1.29, 1.82) is 0 Å². The average Bonchev–Trinajstić information content (AvgIpc) is 3.45. The van der Waals surface area contributed by atoms with Crippen LogP contribution in [0.4, 0.5) is 0 Å². The SMILES string of the molecule is COc1ccc([C@@H](CNC(=O)c2ccccc2-c2ncc(-c3ccccc3)o2)N2CCOCC2)cc1. The van der Waals surface area contributed by atoms with Crippen molar-refractivity contribution in [3.05, 3.63) is 96.2 Å². The van der Waals surface area contributed by atoms with Crippen molar-refractivity contribution in [2.45, 2.75) is 6.04 Å². The molecule has 1 N–H and O–H groups in total. The molecule has 1 fully saturated rings. The van der Waals surface area contributed by atoms with Gasteiger partial charge in [-0.25, -0.2) is 4.98 Å². The van der Waals surface area contributed by atoms with Crippen LogP contribution in [0.25, 0.3) is 22.8 Å². The van der Waals surface area contributed by atoms with Gasteiger partial charge in [-0.15, -0.1) is 0 Å². The summed E-state index contributed by atoms with van der Waals surface area (Å²) in [6.07, 6.45) is 1.69. The number of carbonyl (C=O) groups excluding carboxylic acids is 1. The smallest absolute Gasteiger partial charge is 0.252 e. The van der Waals surface area contributed by atoms with E-state index in [0.717, 1.165) is 30.0 Å². The van der Waals surface area contributed by atoms with E-state index in [-0.39, 0.29) is 11.9 Å². The second kappa shape index (κ2) is 11.2. The zero-order valence-electron chi connectivity index (χ0n) is 20.2. The topological polar surface area (TPSA) is 76.8 Å². The van der Waals surface area contributed by atoms with E-state index >= 15 is 0 Å². The van der Waals surface area contributed by atoms with Crippen molar-refractivity contribution in [3.63, 3.8) is 0 Å². The van der Waals surface area contributed by atoms with Gasteiger partial charge in [0.1, 0.15) is 5.75 Å². The fraction of sp³-hybridized carbons (Fsp3) is 0.241. The minimum Gasteiger partial charge on any atom is -0.497 e. The van der Waals surface area contributed by atoms with E-state index in [1.807, 2.05) is 60.7 Å². The van der Waals surface area contributed by atoms with Crippen molar-refractivity contribution in [1.82, 2.24) is 15.2 Å². The number of oxazole rings is 1. The van der Waals surface area contributed by atoms with Crippen LogP contribution in [-0.4, -0.2) is 55.7 Å².